The van der Waals surface area contributed by atoms with Crippen LogP contribution in [0.4, 0.5) is 17.6 Å². The predicted molar refractivity (Wildman–Crippen MR) is 92.3 cm³/mol. The van der Waals surface area contributed by atoms with Gasteiger partial charge in [-0.05, 0) is 45.0 Å². The van der Waals surface area contributed by atoms with Crippen LogP contribution in [0.1, 0.15) is 18.9 Å². The molecule has 0 aliphatic heterocycles. The van der Waals surface area contributed by atoms with Crippen LogP contribution < -0.4 is 10.6 Å². The summed E-state index contributed by atoms with van der Waals surface area (Å²) in [5, 5.41) is 6.16. The van der Waals surface area contributed by atoms with Gasteiger partial charge in [-0.15, -0.1) is 0 Å². The fourth-order valence-corrected chi connectivity index (χ4v) is 2.28. The van der Waals surface area contributed by atoms with Crippen LogP contribution in [0, 0.1) is 5.82 Å². The second-order valence-electron chi connectivity index (χ2n) is 5.74. The fourth-order valence-electron chi connectivity index (χ4n) is 2.28. The van der Waals surface area contributed by atoms with E-state index in [9.17, 15) is 17.6 Å². The predicted octanol–water partition coefficient (Wildman–Crippen LogP) is 2.81. The number of rotatable bonds is 9. The van der Waals surface area contributed by atoms with Gasteiger partial charge in [0.2, 0.25) is 0 Å². The van der Waals surface area contributed by atoms with Crippen LogP contribution in [0.2, 0.25) is 0 Å². The van der Waals surface area contributed by atoms with E-state index in [-0.39, 0.29) is 5.82 Å². The van der Waals surface area contributed by atoms with Gasteiger partial charge in [0, 0.05) is 19.6 Å². The zero-order chi connectivity index (χ0) is 18.7. The normalized spacial score (nSPS) is 12.5. The third kappa shape index (κ3) is 9.91. The maximum Gasteiger partial charge on any atom is 0.401 e. The summed E-state index contributed by atoms with van der Waals surface area (Å²) in [5.41, 5.74) is 0.625. The number of halogens is 4. The monoisotopic (exact) mass is 362 g/mol. The summed E-state index contributed by atoms with van der Waals surface area (Å²) < 4.78 is 50.3. The molecule has 0 saturated carbocycles. The summed E-state index contributed by atoms with van der Waals surface area (Å²) in [5.74, 6) is 0.344. The van der Waals surface area contributed by atoms with Crippen molar-refractivity contribution in [2.45, 2.75) is 25.9 Å². The molecule has 0 spiro atoms. The third-order valence-electron chi connectivity index (χ3n) is 3.41. The van der Waals surface area contributed by atoms with Crippen LogP contribution in [0.5, 0.6) is 0 Å². The topological polar surface area (TPSA) is 39.7 Å². The van der Waals surface area contributed by atoms with E-state index >= 15 is 0 Å². The van der Waals surface area contributed by atoms with E-state index < -0.39 is 12.7 Å². The number of hydrogen-bond donors (Lipinski definition) is 2. The van der Waals surface area contributed by atoms with Crippen molar-refractivity contribution in [3.63, 3.8) is 0 Å². The molecule has 1 aromatic carbocycles. The number of aliphatic imine (C=N–C) groups is 1. The van der Waals surface area contributed by atoms with Gasteiger partial charge in [0.15, 0.2) is 5.96 Å². The number of nitrogens with zero attached hydrogens (tertiary/aromatic N) is 2. The van der Waals surface area contributed by atoms with Gasteiger partial charge in [0.05, 0.1) is 6.54 Å². The Bertz CT molecular complexity index is 532. The largest absolute Gasteiger partial charge is 0.401 e. The quantitative estimate of drug-likeness (QED) is 0.307. The molecular formula is C17H26F4N4. The van der Waals surface area contributed by atoms with Crippen molar-refractivity contribution in [1.29, 1.82) is 0 Å². The van der Waals surface area contributed by atoms with Gasteiger partial charge in [-0.2, -0.15) is 13.2 Å². The van der Waals surface area contributed by atoms with Crippen molar-refractivity contribution in [3.05, 3.63) is 35.6 Å². The molecule has 0 heterocycles. The average Bonchev–Trinajstić information content (AvgIpc) is 2.51. The highest BCUT2D eigenvalue weighted by atomic mass is 19.4. The lowest BCUT2D eigenvalue weighted by Gasteiger charge is -2.18. The summed E-state index contributed by atoms with van der Waals surface area (Å²) in [7, 11) is 1.44. The van der Waals surface area contributed by atoms with Crippen molar-refractivity contribution in [2.24, 2.45) is 4.99 Å². The zero-order valence-electron chi connectivity index (χ0n) is 14.7. The van der Waals surface area contributed by atoms with Gasteiger partial charge in [-0.1, -0.05) is 18.2 Å². The van der Waals surface area contributed by atoms with E-state index in [0.717, 1.165) is 0 Å². The molecule has 25 heavy (non-hydrogen) atoms. The van der Waals surface area contributed by atoms with Crippen LogP contribution in [0.25, 0.3) is 0 Å². The van der Waals surface area contributed by atoms with Crippen molar-refractivity contribution < 1.29 is 17.6 Å². The Hall–Kier alpha value is -1.83. The average molecular weight is 362 g/mol. The smallest absolute Gasteiger partial charge is 0.357 e. The molecular weight excluding hydrogens is 336 g/mol. The molecule has 0 atom stereocenters. The molecule has 0 aromatic heterocycles. The second-order valence-corrected chi connectivity index (χ2v) is 5.74. The highest BCUT2D eigenvalue weighted by Crippen LogP contribution is 2.15. The first-order valence-electron chi connectivity index (χ1n) is 8.32. The molecule has 0 unspecified atom stereocenters. The fraction of sp³-hybridized carbons (Fsp3) is 0.588. The first kappa shape index (κ1) is 21.2. The lowest BCUT2D eigenvalue weighted by molar-refractivity contribution is -0.143. The molecule has 0 aliphatic rings. The Labute approximate surface area is 146 Å². The highest BCUT2D eigenvalue weighted by Gasteiger charge is 2.28. The third-order valence-corrected chi connectivity index (χ3v) is 3.41. The summed E-state index contributed by atoms with van der Waals surface area (Å²) in [6, 6.07) is 6.59. The van der Waals surface area contributed by atoms with E-state index in [4.69, 9.17) is 0 Å². The number of alkyl halides is 3. The SMILES string of the molecule is CCNC(=NCCCN(C)CC(F)(F)F)NCCc1ccccc1F. The van der Waals surface area contributed by atoms with Crippen molar-refractivity contribution in [2.75, 3.05) is 39.8 Å². The van der Waals surface area contributed by atoms with E-state index in [0.29, 0.717) is 50.5 Å². The first-order valence-corrected chi connectivity index (χ1v) is 8.32. The maximum atomic E-state index is 13.5. The van der Waals surface area contributed by atoms with Crippen molar-refractivity contribution in [1.82, 2.24) is 15.5 Å². The lowest BCUT2D eigenvalue weighted by atomic mass is 10.1. The zero-order valence-corrected chi connectivity index (χ0v) is 14.7. The summed E-state index contributed by atoms with van der Waals surface area (Å²) in [4.78, 5) is 5.56. The van der Waals surface area contributed by atoms with E-state index in [1.54, 1.807) is 18.2 Å². The Morgan fingerprint density at radius 1 is 1.20 bits per heavy atom. The van der Waals surface area contributed by atoms with Crippen molar-refractivity contribution in [3.8, 4) is 0 Å². The molecule has 0 aliphatic carbocycles. The van der Waals surface area contributed by atoms with Crippen LogP contribution >= 0.6 is 0 Å². The summed E-state index contributed by atoms with van der Waals surface area (Å²) in [6.07, 6.45) is -3.14. The van der Waals surface area contributed by atoms with Crippen LogP contribution in [-0.2, 0) is 6.42 Å². The molecule has 0 amide bonds. The van der Waals surface area contributed by atoms with Crippen molar-refractivity contribution >= 4 is 5.96 Å². The molecule has 142 valence electrons. The highest BCUT2D eigenvalue weighted by molar-refractivity contribution is 5.79. The van der Waals surface area contributed by atoms with Gasteiger partial charge in [0.25, 0.3) is 0 Å². The maximum absolute atomic E-state index is 13.5. The van der Waals surface area contributed by atoms with Crippen LogP contribution in [0.15, 0.2) is 29.3 Å². The Morgan fingerprint density at radius 3 is 2.56 bits per heavy atom. The van der Waals surface area contributed by atoms with Gasteiger partial charge in [0.1, 0.15) is 5.82 Å². The molecule has 0 radical (unpaired) electrons. The molecule has 8 heteroatoms. The van der Waals surface area contributed by atoms with Crippen LogP contribution in [-0.4, -0.2) is 56.8 Å². The van der Waals surface area contributed by atoms with E-state index in [2.05, 4.69) is 15.6 Å². The van der Waals surface area contributed by atoms with Gasteiger partial charge in [-0.3, -0.25) is 9.89 Å². The van der Waals surface area contributed by atoms with E-state index in [1.165, 1.54) is 18.0 Å². The Morgan fingerprint density at radius 2 is 1.92 bits per heavy atom. The van der Waals surface area contributed by atoms with Gasteiger partial charge in [-0.25, -0.2) is 4.39 Å². The summed E-state index contributed by atoms with van der Waals surface area (Å²) >= 11 is 0. The summed E-state index contributed by atoms with van der Waals surface area (Å²) in [6.45, 7) is 2.91. The number of benzene rings is 1. The first-order chi connectivity index (χ1) is 11.8. The molecule has 1 aromatic rings. The molecule has 0 saturated heterocycles. The minimum atomic E-state index is -4.18. The molecule has 0 bridgehead atoms. The number of guanidine groups is 1. The standard InChI is InChI=1S/C17H26F4N4/c1-3-22-16(23-10-6-12-25(2)13-17(19,20)21)24-11-9-14-7-4-5-8-15(14)18/h4-5,7-8H,3,6,9-13H2,1-2H3,(H2,22,23,24). The number of hydrogen-bond acceptors (Lipinski definition) is 2. The van der Waals surface area contributed by atoms with Gasteiger partial charge >= 0.3 is 6.18 Å². The Balaban J connectivity index is 2.35. The van der Waals surface area contributed by atoms with E-state index in [1.807, 2.05) is 6.92 Å². The lowest BCUT2D eigenvalue weighted by Crippen LogP contribution is -2.38. The Kier molecular flexibility index (Phi) is 9.26. The molecule has 1 rings (SSSR count). The minimum absolute atomic E-state index is 0.237. The minimum Gasteiger partial charge on any atom is -0.357 e. The number of nitrogens with one attached hydrogen (secondary N) is 2. The molecule has 0 fully saturated rings. The van der Waals surface area contributed by atoms with Crippen LogP contribution in [0.3, 0.4) is 0 Å². The molecule has 2 N–H and O–H groups in total. The van der Waals surface area contributed by atoms with Gasteiger partial charge < -0.3 is 10.6 Å². The molecule has 4 nitrogen and oxygen atoms in total. The second kappa shape index (κ2) is 10.9.